The normalized spacial score (nSPS) is 22.5. The minimum Gasteiger partial charge on any atom is -0.375 e. The fourth-order valence-electron chi connectivity index (χ4n) is 4.29. The summed E-state index contributed by atoms with van der Waals surface area (Å²) in [4.78, 5) is 14.7. The lowest BCUT2D eigenvalue weighted by Gasteiger charge is -2.36. The van der Waals surface area contributed by atoms with Crippen LogP contribution >= 0.6 is 0 Å². The van der Waals surface area contributed by atoms with Gasteiger partial charge < -0.3 is 9.64 Å². The number of rotatable bonds is 7. The predicted molar refractivity (Wildman–Crippen MR) is 111 cm³/mol. The van der Waals surface area contributed by atoms with E-state index in [2.05, 4.69) is 4.90 Å². The van der Waals surface area contributed by atoms with Gasteiger partial charge in [-0.3, -0.25) is 4.79 Å². The average molecular weight is 458 g/mol. The zero-order chi connectivity index (χ0) is 22.0. The Bertz CT molecular complexity index is 894. The summed E-state index contributed by atoms with van der Waals surface area (Å²) in [5, 5.41) is 0. The Morgan fingerprint density at radius 1 is 1.00 bits per heavy atom. The molecule has 31 heavy (non-hydrogen) atoms. The molecule has 3 aliphatic rings. The smallest absolute Gasteiger partial charge is 0.304 e. The number of ether oxygens (including phenoxy) is 1. The van der Waals surface area contributed by atoms with Crippen LogP contribution in [0.25, 0.3) is 0 Å². The van der Waals surface area contributed by atoms with E-state index in [4.69, 9.17) is 4.74 Å². The van der Waals surface area contributed by atoms with Crippen LogP contribution in [-0.4, -0.2) is 68.5 Å². The van der Waals surface area contributed by atoms with Crippen molar-refractivity contribution >= 4 is 16.1 Å². The second kappa shape index (κ2) is 9.48. The lowest BCUT2D eigenvalue weighted by molar-refractivity contribution is -0.0591. The molecule has 172 valence electrons. The maximum Gasteiger partial charge on any atom is 0.304 e. The highest BCUT2D eigenvalue weighted by Gasteiger charge is 2.33. The molecule has 0 unspecified atom stereocenters. The third-order valence-corrected chi connectivity index (χ3v) is 7.78. The van der Waals surface area contributed by atoms with E-state index in [-0.39, 0.29) is 25.3 Å². The summed E-state index contributed by atoms with van der Waals surface area (Å²) in [5.41, 5.74) is -0.644. The van der Waals surface area contributed by atoms with E-state index in [1.807, 2.05) is 4.72 Å². The second-order valence-electron chi connectivity index (χ2n) is 8.72. The Kier molecular flexibility index (Phi) is 6.90. The molecule has 3 fully saturated rings. The van der Waals surface area contributed by atoms with Crippen LogP contribution in [0.15, 0.2) is 18.2 Å². The van der Waals surface area contributed by atoms with Crippen molar-refractivity contribution in [1.29, 1.82) is 0 Å². The van der Waals surface area contributed by atoms with Crippen LogP contribution in [0.5, 0.6) is 0 Å². The zero-order valence-corrected chi connectivity index (χ0v) is 18.3. The van der Waals surface area contributed by atoms with Crippen LogP contribution < -0.4 is 4.72 Å². The number of carbonyl (C=O) groups excluding carboxylic acids is 1. The van der Waals surface area contributed by atoms with Crippen LogP contribution in [0.1, 0.15) is 48.9 Å². The molecule has 1 aromatic carbocycles. The number of hydrogen-bond donors (Lipinski definition) is 1. The molecule has 1 N–H and O–H groups in total. The first-order valence-electron chi connectivity index (χ1n) is 11.0. The SMILES string of the molecule is O=C(NS(=O)(=O)N1CCC(OC2CCN(CC3CC3)CC2)CC1)c1cccc(F)c1F. The lowest BCUT2D eigenvalue weighted by atomic mass is 10.1. The van der Waals surface area contributed by atoms with Gasteiger partial charge in [0.25, 0.3) is 5.91 Å². The topological polar surface area (TPSA) is 79.0 Å². The summed E-state index contributed by atoms with van der Waals surface area (Å²) in [6, 6.07) is 3.06. The van der Waals surface area contributed by atoms with Gasteiger partial charge in [-0.25, -0.2) is 13.5 Å². The molecule has 1 saturated carbocycles. The van der Waals surface area contributed by atoms with E-state index in [1.54, 1.807) is 0 Å². The van der Waals surface area contributed by atoms with Gasteiger partial charge in [0.15, 0.2) is 11.6 Å². The maximum atomic E-state index is 13.8. The first-order chi connectivity index (χ1) is 14.8. The zero-order valence-electron chi connectivity index (χ0n) is 17.4. The molecular weight excluding hydrogens is 428 g/mol. The molecule has 0 spiro atoms. The summed E-state index contributed by atoms with van der Waals surface area (Å²) in [6.45, 7) is 3.72. The average Bonchev–Trinajstić information content (AvgIpc) is 3.55. The number of likely N-dealkylation sites (tertiary alicyclic amines) is 1. The van der Waals surface area contributed by atoms with E-state index in [9.17, 15) is 22.0 Å². The minimum atomic E-state index is -4.15. The summed E-state index contributed by atoms with van der Waals surface area (Å²) in [7, 11) is -4.15. The number of nitrogens with one attached hydrogen (secondary N) is 1. The van der Waals surface area contributed by atoms with Gasteiger partial charge in [0.1, 0.15) is 0 Å². The standard InChI is InChI=1S/C21H29F2N3O4S/c22-19-3-1-2-18(20(19)23)21(27)24-31(28,29)26-12-8-17(9-13-26)30-16-6-10-25(11-7-16)14-15-4-5-15/h1-3,15-17H,4-14H2,(H,24,27). The van der Waals surface area contributed by atoms with Crippen molar-refractivity contribution in [2.75, 3.05) is 32.7 Å². The van der Waals surface area contributed by atoms with Crippen molar-refractivity contribution in [3.05, 3.63) is 35.4 Å². The fraction of sp³-hybridized carbons (Fsp3) is 0.667. The molecule has 0 atom stereocenters. The third-order valence-electron chi connectivity index (χ3n) is 6.29. The van der Waals surface area contributed by atoms with Crippen LogP contribution in [0.2, 0.25) is 0 Å². The summed E-state index contributed by atoms with van der Waals surface area (Å²) >= 11 is 0. The molecule has 0 bridgehead atoms. The lowest BCUT2D eigenvalue weighted by Crippen LogP contribution is -2.49. The fourth-order valence-corrected chi connectivity index (χ4v) is 5.45. The Labute approximate surface area is 181 Å². The van der Waals surface area contributed by atoms with Gasteiger partial charge in [-0.15, -0.1) is 0 Å². The Morgan fingerprint density at radius 2 is 1.61 bits per heavy atom. The minimum absolute atomic E-state index is 0.0113. The van der Waals surface area contributed by atoms with E-state index >= 15 is 0 Å². The summed E-state index contributed by atoms with van der Waals surface area (Å²) < 4.78 is 61.3. The monoisotopic (exact) mass is 457 g/mol. The van der Waals surface area contributed by atoms with Crippen molar-refractivity contribution in [2.45, 2.75) is 50.7 Å². The largest absolute Gasteiger partial charge is 0.375 e. The molecule has 2 heterocycles. The molecule has 2 saturated heterocycles. The van der Waals surface area contributed by atoms with Crippen LogP contribution in [0.4, 0.5) is 8.78 Å². The Balaban J connectivity index is 1.23. The van der Waals surface area contributed by atoms with Gasteiger partial charge in [-0.1, -0.05) is 6.07 Å². The number of amides is 1. The van der Waals surface area contributed by atoms with E-state index < -0.39 is 33.3 Å². The first-order valence-corrected chi connectivity index (χ1v) is 12.4. The number of carbonyl (C=O) groups is 1. The van der Waals surface area contributed by atoms with E-state index in [0.717, 1.165) is 54.4 Å². The molecule has 0 aromatic heterocycles. The highest BCUT2D eigenvalue weighted by molar-refractivity contribution is 7.87. The molecule has 10 heteroatoms. The van der Waals surface area contributed by atoms with Crippen molar-refractivity contribution < 1.29 is 26.7 Å². The van der Waals surface area contributed by atoms with E-state index in [0.29, 0.717) is 12.8 Å². The first kappa shape index (κ1) is 22.6. The van der Waals surface area contributed by atoms with Gasteiger partial charge in [0, 0.05) is 32.7 Å². The number of piperidine rings is 2. The number of benzene rings is 1. The highest BCUT2D eigenvalue weighted by Crippen LogP contribution is 2.31. The molecule has 4 rings (SSSR count). The molecule has 1 amide bonds. The van der Waals surface area contributed by atoms with Gasteiger partial charge in [0.2, 0.25) is 0 Å². The molecule has 7 nitrogen and oxygen atoms in total. The van der Waals surface area contributed by atoms with Crippen LogP contribution in [-0.2, 0) is 14.9 Å². The quantitative estimate of drug-likeness (QED) is 0.680. The van der Waals surface area contributed by atoms with Crippen molar-refractivity contribution in [3.8, 4) is 0 Å². The Hall–Kier alpha value is -1.62. The van der Waals surface area contributed by atoms with Gasteiger partial charge >= 0.3 is 10.2 Å². The third kappa shape index (κ3) is 5.79. The Morgan fingerprint density at radius 3 is 2.23 bits per heavy atom. The second-order valence-corrected chi connectivity index (χ2v) is 10.4. The van der Waals surface area contributed by atoms with Crippen LogP contribution in [0, 0.1) is 17.6 Å². The number of halogens is 2. The van der Waals surface area contributed by atoms with Gasteiger partial charge in [0.05, 0.1) is 17.8 Å². The molecule has 0 radical (unpaired) electrons. The van der Waals surface area contributed by atoms with Gasteiger partial charge in [-0.2, -0.15) is 12.7 Å². The van der Waals surface area contributed by atoms with Crippen molar-refractivity contribution in [1.82, 2.24) is 13.9 Å². The summed E-state index contributed by atoms with van der Waals surface area (Å²) in [6.07, 6.45) is 5.98. The molecular formula is C21H29F2N3O4S. The molecule has 2 aliphatic heterocycles. The molecule has 1 aromatic rings. The maximum absolute atomic E-state index is 13.8. The summed E-state index contributed by atoms with van der Waals surface area (Å²) in [5.74, 6) is -2.87. The van der Waals surface area contributed by atoms with Crippen molar-refractivity contribution in [3.63, 3.8) is 0 Å². The van der Waals surface area contributed by atoms with Crippen molar-refractivity contribution in [2.24, 2.45) is 5.92 Å². The van der Waals surface area contributed by atoms with Gasteiger partial charge in [-0.05, 0) is 56.6 Å². The number of nitrogens with zero attached hydrogens (tertiary/aromatic N) is 2. The number of hydrogen-bond acceptors (Lipinski definition) is 5. The molecule has 1 aliphatic carbocycles. The van der Waals surface area contributed by atoms with Crippen LogP contribution in [0.3, 0.4) is 0 Å². The highest BCUT2D eigenvalue weighted by atomic mass is 32.2. The predicted octanol–water partition coefficient (Wildman–Crippen LogP) is 2.29. The van der Waals surface area contributed by atoms with E-state index in [1.165, 1.54) is 19.4 Å².